The summed E-state index contributed by atoms with van der Waals surface area (Å²) in [5.41, 5.74) is -5.18. The first-order valence-electron chi connectivity index (χ1n) is 2.76. The van der Waals surface area contributed by atoms with Crippen LogP contribution in [-0.4, -0.2) is 31.8 Å². The van der Waals surface area contributed by atoms with Crippen molar-refractivity contribution in [3.8, 4) is 0 Å². The van der Waals surface area contributed by atoms with Crippen molar-refractivity contribution in [3.05, 3.63) is 0 Å². The molecule has 3 nitrogen and oxygen atoms in total. The van der Waals surface area contributed by atoms with Crippen molar-refractivity contribution < 1.29 is 21.6 Å². The van der Waals surface area contributed by atoms with Crippen molar-refractivity contribution >= 4 is 10.0 Å². The summed E-state index contributed by atoms with van der Waals surface area (Å²) in [6.07, 6.45) is 0. The van der Waals surface area contributed by atoms with Gasteiger partial charge in [0.15, 0.2) is 0 Å². The highest BCUT2D eigenvalue weighted by molar-refractivity contribution is 7.89. The maximum atomic E-state index is 11.6. The van der Waals surface area contributed by atoms with Gasteiger partial charge in [0.2, 0.25) is 0 Å². The summed E-state index contributed by atoms with van der Waals surface area (Å²) in [6.45, 7) is 1.13. The van der Waals surface area contributed by atoms with Gasteiger partial charge in [0, 0.05) is 13.6 Å². The van der Waals surface area contributed by atoms with Crippen molar-refractivity contribution in [1.29, 1.82) is 0 Å². The standard InChI is InChI=1S/C4H8F3NO2S/c1-3-8(2)11(9,10)4(5,6)7/h3H2,1-2H3. The Balaban J connectivity index is 4.77. The topological polar surface area (TPSA) is 37.4 Å². The van der Waals surface area contributed by atoms with E-state index in [0.717, 1.165) is 7.05 Å². The van der Waals surface area contributed by atoms with Gasteiger partial charge in [-0.15, -0.1) is 0 Å². The van der Waals surface area contributed by atoms with Crippen LogP contribution < -0.4 is 0 Å². The Kier molecular flexibility index (Phi) is 2.90. The lowest BCUT2D eigenvalue weighted by Gasteiger charge is -2.16. The Labute approximate surface area is 62.9 Å². The predicted octanol–water partition coefficient (Wildman–Crippen LogP) is 0.788. The summed E-state index contributed by atoms with van der Waals surface area (Å²) in [5.74, 6) is 0. The summed E-state index contributed by atoms with van der Waals surface area (Å²) in [5, 5.41) is 0. The molecule has 0 spiro atoms. The van der Waals surface area contributed by atoms with E-state index in [4.69, 9.17) is 0 Å². The molecule has 68 valence electrons. The van der Waals surface area contributed by atoms with Gasteiger partial charge >= 0.3 is 15.5 Å². The van der Waals surface area contributed by atoms with Crippen LogP contribution >= 0.6 is 0 Å². The predicted molar refractivity (Wildman–Crippen MR) is 33.3 cm³/mol. The molecule has 0 aromatic rings. The number of halogens is 3. The number of hydrogen-bond acceptors (Lipinski definition) is 2. The van der Waals surface area contributed by atoms with E-state index in [9.17, 15) is 21.6 Å². The number of rotatable bonds is 2. The van der Waals surface area contributed by atoms with Crippen LogP contribution in [0.4, 0.5) is 13.2 Å². The number of nitrogens with zero attached hydrogens (tertiary/aromatic N) is 1. The lowest BCUT2D eigenvalue weighted by Crippen LogP contribution is -2.37. The molecule has 7 heteroatoms. The van der Waals surface area contributed by atoms with E-state index in [-0.39, 0.29) is 10.8 Å². The van der Waals surface area contributed by atoms with Gasteiger partial charge in [-0.05, 0) is 0 Å². The van der Waals surface area contributed by atoms with Gasteiger partial charge in [-0.3, -0.25) is 0 Å². The van der Waals surface area contributed by atoms with Crippen molar-refractivity contribution in [3.63, 3.8) is 0 Å². The highest BCUT2D eigenvalue weighted by Crippen LogP contribution is 2.25. The second kappa shape index (κ2) is 2.98. The summed E-state index contributed by atoms with van der Waals surface area (Å²) in [6, 6.07) is 0. The van der Waals surface area contributed by atoms with Gasteiger partial charge in [0.05, 0.1) is 0 Å². The Hall–Kier alpha value is -0.300. The van der Waals surface area contributed by atoms with Gasteiger partial charge in [-0.1, -0.05) is 6.92 Å². The third-order valence-corrected chi connectivity index (χ3v) is 2.81. The Bertz CT molecular complexity index is 220. The molecule has 0 radical (unpaired) electrons. The van der Waals surface area contributed by atoms with E-state index in [1.807, 2.05) is 0 Å². The van der Waals surface area contributed by atoms with Crippen LogP contribution in [0.25, 0.3) is 0 Å². The van der Waals surface area contributed by atoms with Gasteiger partial charge < -0.3 is 0 Å². The van der Waals surface area contributed by atoms with Crippen LogP contribution in [0.5, 0.6) is 0 Å². The first-order valence-corrected chi connectivity index (χ1v) is 4.20. The molecule has 11 heavy (non-hydrogen) atoms. The molecular weight excluding hydrogens is 183 g/mol. The second-order valence-corrected chi connectivity index (χ2v) is 3.90. The molecule has 0 amide bonds. The summed E-state index contributed by atoms with van der Waals surface area (Å²) in [7, 11) is -4.22. The monoisotopic (exact) mass is 191 g/mol. The average molecular weight is 191 g/mol. The highest BCUT2D eigenvalue weighted by Gasteiger charge is 2.48. The van der Waals surface area contributed by atoms with Crippen molar-refractivity contribution in [2.24, 2.45) is 0 Å². The fourth-order valence-electron chi connectivity index (χ4n) is 0.347. The summed E-state index contributed by atoms with van der Waals surface area (Å²) < 4.78 is 55.9. The van der Waals surface area contributed by atoms with Crippen LogP contribution in [0.3, 0.4) is 0 Å². The first kappa shape index (κ1) is 10.7. The van der Waals surface area contributed by atoms with E-state index in [1.165, 1.54) is 6.92 Å². The lowest BCUT2D eigenvalue weighted by atomic mass is 10.8. The number of hydrogen-bond donors (Lipinski definition) is 0. The van der Waals surface area contributed by atoms with Gasteiger partial charge in [0.1, 0.15) is 0 Å². The maximum absolute atomic E-state index is 11.6. The number of sulfonamides is 1. The van der Waals surface area contributed by atoms with Gasteiger partial charge in [-0.2, -0.15) is 17.5 Å². The highest BCUT2D eigenvalue weighted by atomic mass is 32.2. The molecule has 0 heterocycles. The third kappa shape index (κ3) is 2.06. The van der Waals surface area contributed by atoms with Crippen molar-refractivity contribution in [1.82, 2.24) is 4.31 Å². The summed E-state index contributed by atoms with van der Waals surface area (Å²) in [4.78, 5) is 0. The fraction of sp³-hybridized carbons (Fsp3) is 1.00. The Morgan fingerprint density at radius 3 is 1.82 bits per heavy atom. The van der Waals surface area contributed by atoms with E-state index in [0.29, 0.717) is 0 Å². The number of alkyl halides is 3. The van der Waals surface area contributed by atoms with Crippen LogP contribution in [0.2, 0.25) is 0 Å². The minimum atomic E-state index is -5.18. The first-order chi connectivity index (χ1) is 4.73. The second-order valence-electron chi connectivity index (χ2n) is 1.86. The SMILES string of the molecule is CCN(C)S(=O)(=O)C(F)(F)F. The zero-order chi connectivity index (χ0) is 9.28. The molecule has 0 N–H and O–H groups in total. The van der Waals surface area contributed by atoms with Crippen LogP contribution in [0.1, 0.15) is 6.92 Å². The molecule has 0 rings (SSSR count). The average Bonchev–Trinajstić information content (AvgIpc) is 1.83. The molecule has 0 aliphatic heterocycles. The maximum Gasteiger partial charge on any atom is 0.511 e. The molecule has 0 bridgehead atoms. The molecule has 0 aliphatic rings. The van der Waals surface area contributed by atoms with E-state index in [1.54, 1.807) is 0 Å². The normalized spacial score (nSPS) is 14.0. The molecular formula is C4H8F3NO2S. The smallest absolute Gasteiger partial charge is 0.203 e. The molecule has 0 fully saturated rings. The zero-order valence-electron chi connectivity index (χ0n) is 6.01. The van der Waals surface area contributed by atoms with E-state index >= 15 is 0 Å². The molecule has 0 aromatic heterocycles. The quantitative estimate of drug-likeness (QED) is 0.647. The largest absolute Gasteiger partial charge is 0.511 e. The zero-order valence-corrected chi connectivity index (χ0v) is 6.83. The Morgan fingerprint density at radius 2 is 1.73 bits per heavy atom. The molecule has 0 atom stereocenters. The molecule has 0 saturated carbocycles. The van der Waals surface area contributed by atoms with Gasteiger partial charge in [-0.25, -0.2) is 8.42 Å². The molecule has 0 aromatic carbocycles. The minimum absolute atomic E-state index is 0.193. The molecule has 0 aliphatic carbocycles. The van der Waals surface area contributed by atoms with Crippen LogP contribution in [0.15, 0.2) is 0 Å². The van der Waals surface area contributed by atoms with Gasteiger partial charge in [0.25, 0.3) is 0 Å². The fourth-order valence-corrected chi connectivity index (χ4v) is 1.04. The summed E-state index contributed by atoms with van der Waals surface area (Å²) >= 11 is 0. The van der Waals surface area contributed by atoms with Crippen molar-refractivity contribution in [2.45, 2.75) is 12.4 Å². The van der Waals surface area contributed by atoms with E-state index in [2.05, 4.69) is 0 Å². The van der Waals surface area contributed by atoms with E-state index < -0.39 is 15.5 Å². The minimum Gasteiger partial charge on any atom is -0.203 e. The Morgan fingerprint density at radius 1 is 1.36 bits per heavy atom. The third-order valence-electron chi connectivity index (χ3n) is 1.15. The van der Waals surface area contributed by atoms with Crippen LogP contribution in [-0.2, 0) is 10.0 Å². The van der Waals surface area contributed by atoms with Crippen molar-refractivity contribution in [2.75, 3.05) is 13.6 Å². The molecule has 0 unspecified atom stereocenters. The molecule has 0 saturated heterocycles. The lowest BCUT2D eigenvalue weighted by molar-refractivity contribution is -0.0481. The van der Waals surface area contributed by atoms with Crippen LogP contribution in [0, 0.1) is 0 Å².